The van der Waals surface area contributed by atoms with Crippen LogP contribution in [0, 0.1) is 17.4 Å². The van der Waals surface area contributed by atoms with Crippen LogP contribution in [0.15, 0.2) is 29.5 Å². The number of rotatable bonds is 13. The number of nitrogens with two attached hydrogens (primary N) is 2. The highest BCUT2D eigenvalue weighted by Crippen LogP contribution is 2.25. The van der Waals surface area contributed by atoms with Crippen molar-refractivity contribution in [1.82, 2.24) is 4.98 Å². The summed E-state index contributed by atoms with van der Waals surface area (Å²) in [5.41, 5.74) is 6.79. The van der Waals surface area contributed by atoms with E-state index in [9.17, 15) is 8.42 Å². The molecule has 2 unspecified atom stereocenters. The van der Waals surface area contributed by atoms with Crippen LogP contribution in [0.2, 0.25) is 0 Å². The molecule has 0 aromatic carbocycles. The number of ether oxygens (including phenoxy) is 1. The molecule has 0 bridgehead atoms. The Morgan fingerprint density at radius 2 is 1.91 bits per heavy atom. The molecule has 1 aromatic heterocycles. The molecule has 1 aliphatic rings. The van der Waals surface area contributed by atoms with Gasteiger partial charge in [-0.1, -0.05) is 38.5 Å². The molecular weight excluding hydrogens is 440 g/mol. The van der Waals surface area contributed by atoms with Gasteiger partial charge in [0.05, 0.1) is 11.4 Å². The molecule has 2 rings (SSSR count). The standard InChI is InChI=1S/C23H38N6O3S/c1-19(33(26,30)31)22(32-17-20-9-5-4-6-10-20)11-7-2-3-8-16-29(23(25)28-18-24)21-12-14-27-15-13-21/h12-15,19-20,22H,2-11,16-17H2,1H3,(H2,25,28)(H2,26,30,31). The number of aliphatic imine (C=N–C) groups is 1. The number of guanidine groups is 1. The Hall–Kier alpha value is -2.22. The normalized spacial score (nSPS) is 17.3. The molecule has 4 N–H and O–H groups in total. The zero-order chi connectivity index (χ0) is 24.1. The Bertz CT molecular complexity index is 866. The van der Waals surface area contributed by atoms with Gasteiger partial charge in [-0.15, -0.1) is 4.99 Å². The molecular formula is C23H38N6O3S. The van der Waals surface area contributed by atoms with Gasteiger partial charge in [0.15, 0.2) is 0 Å². The van der Waals surface area contributed by atoms with Crippen LogP contribution in [0.4, 0.5) is 5.69 Å². The lowest BCUT2D eigenvalue weighted by Crippen LogP contribution is -2.39. The predicted molar refractivity (Wildman–Crippen MR) is 131 cm³/mol. The van der Waals surface area contributed by atoms with Crippen LogP contribution in [-0.4, -0.2) is 43.9 Å². The van der Waals surface area contributed by atoms with Crippen LogP contribution >= 0.6 is 0 Å². The van der Waals surface area contributed by atoms with Gasteiger partial charge < -0.3 is 15.4 Å². The minimum atomic E-state index is -3.65. The fraction of sp³-hybridized carbons (Fsp3) is 0.696. The first kappa shape index (κ1) is 27.0. The van der Waals surface area contributed by atoms with Crippen molar-refractivity contribution in [1.29, 1.82) is 5.26 Å². The lowest BCUT2D eigenvalue weighted by atomic mass is 9.90. The van der Waals surface area contributed by atoms with E-state index in [2.05, 4.69) is 9.98 Å². The number of nitriles is 1. The van der Waals surface area contributed by atoms with Crippen molar-refractivity contribution in [2.75, 3.05) is 18.1 Å². The molecule has 1 saturated carbocycles. The lowest BCUT2D eigenvalue weighted by Gasteiger charge is -2.27. The van der Waals surface area contributed by atoms with Crippen molar-refractivity contribution < 1.29 is 13.2 Å². The fourth-order valence-corrected chi connectivity index (χ4v) is 4.90. The predicted octanol–water partition coefficient (Wildman–Crippen LogP) is 3.28. The number of sulfonamides is 1. The quantitative estimate of drug-likeness (QED) is 0.191. The van der Waals surface area contributed by atoms with E-state index >= 15 is 0 Å². The highest BCUT2D eigenvalue weighted by molar-refractivity contribution is 7.89. The van der Waals surface area contributed by atoms with Crippen molar-refractivity contribution in [3.05, 3.63) is 24.5 Å². The first-order valence-corrected chi connectivity index (χ1v) is 13.5. The summed E-state index contributed by atoms with van der Waals surface area (Å²) in [5.74, 6) is 0.676. The van der Waals surface area contributed by atoms with Crippen molar-refractivity contribution in [3.8, 4) is 6.19 Å². The summed E-state index contributed by atoms with van der Waals surface area (Å²) in [6.45, 7) is 2.88. The molecule has 1 aliphatic carbocycles. The first-order chi connectivity index (χ1) is 15.8. The van der Waals surface area contributed by atoms with E-state index < -0.39 is 15.3 Å². The Balaban J connectivity index is 1.81. The number of aromatic nitrogens is 1. The third-order valence-corrected chi connectivity index (χ3v) is 7.69. The maximum Gasteiger partial charge on any atom is 0.214 e. The zero-order valence-corrected chi connectivity index (χ0v) is 20.4. The summed E-state index contributed by atoms with van der Waals surface area (Å²) in [6, 6.07) is 3.64. The third-order valence-electron chi connectivity index (χ3n) is 6.35. The maximum atomic E-state index is 11.9. The van der Waals surface area contributed by atoms with Gasteiger partial charge in [0.1, 0.15) is 0 Å². The Labute approximate surface area is 198 Å². The topological polar surface area (TPSA) is 148 Å². The lowest BCUT2D eigenvalue weighted by molar-refractivity contribution is 0.0147. The average Bonchev–Trinajstić information content (AvgIpc) is 2.80. The molecule has 33 heavy (non-hydrogen) atoms. The summed E-state index contributed by atoms with van der Waals surface area (Å²) in [6.07, 6.45) is 15.0. The summed E-state index contributed by atoms with van der Waals surface area (Å²) in [4.78, 5) is 9.47. The highest BCUT2D eigenvalue weighted by atomic mass is 32.2. The second kappa shape index (κ2) is 14.1. The summed E-state index contributed by atoms with van der Waals surface area (Å²) >= 11 is 0. The van der Waals surface area contributed by atoms with Crippen molar-refractivity contribution in [2.24, 2.45) is 21.8 Å². The van der Waals surface area contributed by atoms with Crippen LogP contribution in [0.1, 0.15) is 71.1 Å². The van der Waals surface area contributed by atoms with Crippen LogP contribution < -0.4 is 15.8 Å². The summed E-state index contributed by atoms with van der Waals surface area (Å²) < 4.78 is 29.9. The number of nitrogens with zero attached hydrogens (tertiary/aromatic N) is 4. The molecule has 1 fully saturated rings. The van der Waals surface area contributed by atoms with E-state index in [1.54, 1.807) is 30.4 Å². The van der Waals surface area contributed by atoms with E-state index in [0.29, 0.717) is 25.5 Å². The molecule has 1 heterocycles. The van der Waals surface area contributed by atoms with Gasteiger partial charge in [0.25, 0.3) is 0 Å². The summed E-state index contributed by atoms with van der Waals surface area (Å²) in [5, 5.41) is 13.5. The molecule has 0 spiro atoms. The van der Waals surface area contributed by atoms with Crippen LogP contribution in [0.25, 0.3) is 0 Å². The number of hydrogen-bond donors (Lipinski definition) is 2. The Morgan fingerprint density at radius 3 is 2.55 bits per heavy atom. The van der Waals surface area contributed by atoms with Gasteiger partial charge in [-0.3, -0.25) is 4.98 Å². The largest absolute Gasteiger partial charge is 0.377 e. The molecule has 1 aromatic rings. The Morgan fingerprint density at radius 1 is 1.24 bits per heavy atom. The number of unbranched alkanes of at least 4 members (excludes halogenated alkanes) is 3. The molecule has 10 heteroatoms. The smallest absolute Gasteiger partial charge is 0.214 e. The summed E-state index contributed by atoms with van der Waals surface area (Å²) in [7, 11) is -3.65. The Kier molecular flexibility index (Phi) is 11.6. The molecule has 9 nitrogen and oxygen atoms in total. The van der Waals surface area contributed by atoms with Gasteiger partial charge in [0.2, 0.25) is 22.2 Å². The zero-order valence-electron chi connectivity index (χ0n) is 19.6. The average molecular weight is 479 g/mol. The number of anilines is 1. The molecule has 0 amide bonds. The van der Waals surface area contributed by atoms with E-state index in [1.807, 2.05) is 12.1 Å². The van der Waals surface area contributed by atoms with E-state index in [-0.39, 0.29) is 12.1 Å². The van der Waals surface area contributed by atoms with Gasteiger partial charge in [-0.2, -0.15) is 5.26 Å². The van der Waals surface area contributed by atoms with Crippen LogP contribution in [-0.2, 0) is 14.8 Å². The number of hydrogen-bond acceptors (Lipinski definition) is 6. The SMILES string of the molecule is CC(C(CCCCCCN(C(N)=NC#N)c1ccncc1)OCC1CCCCC1)S(N)(=O)=O. The third kappa shape index (κ3) is 9.66. The molecule has 2 atom stereocenters. The minimum Gasteiger partial charge on any atom is -0.377 e. The fourth-order valence-electron chi connectivity index (χ4n) is 4.26. The second-order valence-corrected chi connectivity index (χ2v) is 10.7. The molecule has 184 valence electrons. The van der Waals surface area contributed by atoms with Crippen molar-refractivity contribution >= 4 is 21.7 Å². The van der Waals surface area contributed by atoms with E-state index in [0.717, 1.165) is 44.2 Å². The molecule has 0 saturated heterocycles. The first-order valence-electron chi connectivity index (χ1n) is 11.9. The van der Waals surface area contributed by atoms with Gasteiger partial charge in [0, 0.05) is 31.2 Å². The maximum absolute atomic E-state index is 11.9. The van der Waals surface area contributed by atoms with E-state index in [4.69, 9.17) is 20.9 Å². The molecule has 0 radical (unpaired) electrons. The van der Waals surface area contributed by atoms with Crippen LogP contribution in [0.3, 0.4) is 0 Å². The highest BCUT2D eigenvalue weighted by Gasteiger charge is 2.28. The number of primary sulfonamides is 1. The second-order valence-electron chi connectivity index (χ2n) is 8.80. The minimum absolute atomic E-state index is 0.154. The van der Waals surface area contributed by atoms with Crippen molar-refractivity contribution in [2.45, 2.75) is 82.5 Å². The number of pyridine rings is 1. The van der Waals surface area contributed by atoms with Gasteiger partial charge in [-0.05, 0) is 50.7 Å². The van der Waals surface area contributed by atoms with Crippen molar-refractivity contribution in [3.63, 3.8) is 0 Å². The van der Waals surface area contributed by atoms with Gasteiger partial charge in [-0.25, -0.2) is 13.6 Å². The molecule has 0 aliphatic heterocycles. The monoisotopic (exact) mass is 478 g/mol. The van der Waals surface area contributed by atoms with Gasteiger partial charge >= 0.3 is 0 Å². The van der Waals surface area contributed by atoms with E-state index in [1.165, 1.54) is 19.3 Å². The van der Waals surface area contributed by atoms with Crippen LogP contribution in [0.5, 0.6) is 0 Å².